The van der Waals surface area contributed by atoms with Gasteiger partial charge in [-0.1, -0.05) is 29.8 Å². The van der Waals surface area contributed by atoms with Crippen LogP contribution < -0.4 is 10.6 Å². The van der Waals surface area contributed by atoms with Gasteiger partial charge in [0.05, 0.1) is 12.6 Å². The van der Waals surface area contributed by atoms with Crippen molar-refractivity contribution in [2.75, 3.05) is 10.6 Å². The van der Waals surface area contributed by atoms with Crippen molar-refractivity contribution in [3.05, 3.63) is 64.8 Å². The normalized spacial score (nSPS) is 15.2. The van der Waals surface area contributed by atoms with E-state index < -0.39 is 6.04 Å². The molecule has 0 bridgehead atoms. The Morgan fingerprint density at radius 3 is 2.68 bits per heavy atom. The first-order chi connectivity index (χ1) is 13.4. The summed E-state index contributed by atoms with van der Waals surface area (Å²) in [4.78, 5) is 25.0. The molecule has 0 spiro atoms. The number of halogens is 1. The first-order valence-electron chi connectivity index (χ1n) is 8.93. The molecule has 6 nitrogen and oxygen atoms in total. The van der Waals surface area contributed by atoms with Crippen LogP contribution in [0.5, 0.6) is 0 Å². The number of carbonyl (C=O) groups excluding carboxylic acids is 2. The van der Waals surface area contributed by atoms with Gasteiger partial charge in [0.2, 0.25) is 5.91 Å². The standard InChI is InChI=1S/C21H19ClN4O2/c1-12-6-13(2)8-16(7-12)24-19(27)10-18-21(28)25-20-17(11-23-26(18)20)14-4-3-5-15(22)9-14/h3-9,11,18H,10H2,1-2H3,(H,24,27)(H,25,28). The van der Waals surface area contributed by atoms with Crippen molar-refractivity contribution in [2.45, 2.75) is 26.3 Å². The van der Waals surface area contributed by atoms with Gasteiger partial charge < -0.3 is 10.6 Å². The number of hydrogen-bond acceptors (Lipinski definition) is 3. The summed E-state index contributed by atoms with van der Waals surface area (Å²) in [6, 6.07) is 12.5. The van der Waals surface area contributed by atoms with Gasteiger partial charge in [0.25, 0.3) is 5.91 Å². The molecule has 3 aromatic rings. The molecule has 2 N–H and O–H groups in total. The minimum Gasteiger partial charge on any atom is -0.326 e. The highest BCUT2D eigenvalue weighted by molar-refractivity contribution is 6.30. The van der Waals surface area contributed by atoms with Gasteiger partial charge in [-0.15, -0.1) is 0 Å². The third-order valence-electron chi connectivity index (χ3n) is 4.65. The average molecular weight is 395 g/mol. The molecule has 2 heterocycles. The minimum atomic E-state index is -0.686. The van der Waals surface area contributed by atoms with E-state index in [9.17, 15) is 9.59 Å². The van der Waals surface area contributed by atoms with Gasteiger partial charge in [0, 0.05) is 16.3 Å². The first kappa shape index (κ1) is 18.3. The number of carbonyl (C=O) groups is 2. The van der Waals surface area contributed by atoms with Crippen LogP contribution in [-0.4, -0.2) is 21.6 Å². The molecule has 1 unspecified atom stereocenters. The zero-order chi connectivity index (χ0) is 19.8. The summed E-state index contributed by atoms with van der Waals surface area (Å²) in [6.07, 6.45) is 1.68. The fourth-order valence-electron chi connectivity index (χ4n) is 3.52. The van der Waals surface area contributed by atoms with Gasteiger partial charge in [-0.2, -0.15) is 5.10 Å². The smallest absolute Gasteiger partial charge is 0.251 e. The number of benzene rings is 2. The Morgan fingerprint density at radius 2 is 1.96 bits per heavy atom. The lowest BCUT2D eigenvalue weighted by molar-refractivity contribution is -0.123. The van der Waals surface area contributed by atoms with Crippen LogP contribution >= 0.6 is 11.6 Å². The predicted molar refractivity (Wildman–Crippen MR) is 110 cm³/mol. The number of hydrogen-bond donors (Lipinski definition) is 2. The predicted octanol–water partition coefficient (Wildman–Crippen LogP) is 4.34. The Balaban J connectivity index is 1.54. The molecule has 0 saturated heterocycles. The van der Waals surface area contributed by atoms with Crippen molar-refractivity contribution >= 4 is 34.9 Å². The van der Waals surface area contributed by atoms with E-state index in [0.717, 1.165) is 27.9 Å². The molecular weight excluding hydrogens is 376 g/mol. The van der Waals surface area contributed by atoms with Gasteiger partial charge in [-0.3, -0.25) is 9.59 Å². The number of aromatic nitrogens is 2. The number of aryl methyl sites for hydroxylation is 2. The number of amides is 2. The van der Waals surface area contributed by atoms with Crippen LogP contribution in [0.4, 0.5) is 11.5 Å². The highest BCUT2D eigenvalue weighted by Crippen LogP contribution is 2.36. The Bertz CT molecular complexity index is 1070. The van der Waals surface area contributed by atoms with Crippen molar-refractivity contribution in [2.24, 2.45) is 0 Å². The first-order valence-corrected chi connectivity index (χ1v) is 9.31. The number of nitrogens with zero attached hydrogens (tertiary/aromatic N) is 2. The van der Waals surface area contributed by atoms with Gasteiger partial charge in [0.1, 0.15) is 11.9 Å². The van der Waals surface area contributed by atoms with Gasteiger partial charge in [0.15, 0.2) is 0 Å². The van der Waals surface area contributed by atoms with E-state index in [2.05, 4.69) is 15.7 Å². The van der Waals surface area contributed by atoms with Gasteiger partial charge >= 0.3 is 0 Å². The van der Waals surface area contributed by atoms with Crippen molar-refractivity contribution in [1.82, 2.24) is 9.78 Å². The molecule has 28 heavy (non-hydrogen) atoms. The van der Waals surface area contributed by atoms with Crippen LogP contribution in [0.2, 0.25) is 5.02 Å². The SMILES string of the molecule is Cc1cc(C)cc(NC(=O)CC2C(=O)Nc3c(-c4cccc(Cl)c4)cnn32)c1. The number of fused-ring (bicyclic) bond motifs is 1. The summed E-state index contributed by atoms with van der Waals surface area (Å²) >= 11 is 6.07. The van der Waals surface area contributed by atoms with Crippen LogP contribution in [-0.2, 0) is 9.59 Å². The van der Waals surface area contributed by atoms with Gasteiger partial charge in [-0.05, 0) is 54.8 Å². The fraction of sp³-hybridized carbons (Fsp3) is 0.190. The largest absolute Gasteiger partial charge is 0.326 e. The summed E-state index contributed by atoms with van der Waals surface area (Å²) in [5.74, 6) is 0.0937. The third kappa shape index (κ3) is 3.51. The second-order valence-corrected chi connectivity index (χ2v) is 7.43. The summed E-state index contributed by atoms with van der Waals surface area (Å²) in [7, 11) is 0. The molecule has 7 heteroatoms. The molecule has 1 atom stereocenters. The lowest BCUT2D eigenvalue weighted by Crippen LogP contribution is -2.23. The summed E-state index contributed by atoms with van der Waals surface area (Å²) < 4.78 is 1.57. The molecular formula is C21H19ClN4O2. The van der Waals surface area contributed by atoms with Crippen LogP contribution in [0.15, 0.2) is 48.7 Å². The number of anilines is 2. The minimum absolute atomic E-state index is 0.00247. The second-order valence-electron chi connectivity index (χ2n) is 7.00. The topological polar surface area (TPSA) is 76.0 Å². The zero-order valence-corrected chi connectivity index (χ0v) is 16.2. The Kier molecular flexibility index (Phi) is 4.65. The second kappa shape index (κ2) is 7.13. The van der Waals surface area contributed by atoms with Crippen LogP contribution in [0.1, 0.15) is 23.6 Å². The molecule has 0 radical (unpaired) electrons. The Hall–Kier alpha value is -3.12. The lowest BCUT2D eigenvalue weighted by Gasteiger charge is -2.11. The maximum Gasteiger partial charge on any atom is 0.251 e. The zero-order valence-electron chi connectivity index (χ0n) is 15.5. The van der Waals surface area contributed by atoms with E-state index in [1.54, 1.807) is 16.9 Å². The van der Waals surface area contributed by atoms with Crippen molar-refractivity contribution in [3.63, 3.8) is 0 Å². The quantitative estimate of drug-likeness (QED) is 0.691. The molecule has 0 saturated carbocycles. The summed E-state index contributed by atoms with van der Waals surface area (Å²) in [5.41, 5.74) is 4.48. The van der Waals surface area contributed by atoms with E-state index in [0.29, 0.717) is 10.8 Å². The van der Waals surface area contributed by atoms with Crippen LogP contribution in [0.3, 0.4) is 0 Å². The van der Waals surface area contributed by atoms with E-state index in [4.69, 9.17) is 11.6 Å². The Morgan fingerprint density at radius 1 is 1.21 bits per heavy atom. The average Bonchev–Trinajstić information content (AvgIpc) is 3.14. The highest BCUT2D eigenvalue weighted by Gasteiger charge is 2.35. The monoisotopic (exact) mass is 394 g/mol. The molecule has 142 valence electrons. The molecule has 0 fully saturated rings. The lowest BCUT2D eigenvalue weighted by atomic mass is 10.1. The maximum absolute atomic E-state index is 12.5. The van der Waals surface area contributed by atoms with Crippen molar-refractivity contribution in [3.8, 4) is 11.1 Å². The molecule has 4 rings (SSSR count). The fourth-order valence-corrected chi connectivity index (χ4v) is 3.71. The maximum atomic E-state index is 12.5. The molecule has 1 aromatic heterocycles. The summed E-state index contributed by atoms with van der Waals surface area (Å²) in [5, 5.41) is 10.6. The van der Waals surface area contributed by atoms with Crippen molar-refractivity contribution in [1.29, 1.82) is 0 Å². The van der Waals surface area contributed by atoms with E-state index in [1.165, 1.54) is 0 Å². The number of nitrogens with one attached hydrogen (secondary N) is 2. The Labute approximate surface area is 167 Å². The van der Waals surface area contributed by atoms with E-state index in [1.807, 2.05) is 50.2 Å². The molecule has 1 aliphatic rings. The molecule has 0 aliphatic carbocycles. The van der Waals surface area contributed by atoms with Crippen molar-refractivity contribution < 1.29 is 9.59 Å². The van der Waals surface area contributed by atoms with Crippen LogP contribution in [0, 0.1) is 13.8 Å². The molecule has 2 amide bonds. The van der Waals surface area contributed by atoms with E-state index >= 15 is 0 Å². The summed E-state index contributed by atoms with van der Waals surface area (Å²) in [6.45, 7) is 3.95. The number of rotatable bonds is 4. The third-order valence-corrected chi connectivity index (χ3v) is 4.89. The van der Waals surface area contributed by atoms with E-state index in [-0.39, 0.29) is 18.2 Å². The van der Waals surface area contributed by atoms with Crippen LogP contribution in [0.25, 0.3) is 11.1 Å². The highest BCUT2D eigenvalue weighted by atomic mass is 35.5. The molecule has 2 aromatic carbocycles. The molecule has 1 aliphatic heterocycles. The van der Waals surface area contributed by atoms with Gasteiger partial charge in [-0.25, -0.2) is 4.68 Å².